The Morgan fingerprint density at radius 3 is 2.50 bits per heavy atom. The van der Waals surface area contributed by atoms with Crippen LogP contribution in [0.4, 0.5) is 5.69 Å². The number of rotatable bonds is 6. The largest absolute Gasteiger partial charge is 0.497 e. The van der Waals surface area contributed by atoms with Crippen LogP contribution in [-0.4, -0.2) is 23.1 Å². The van der Waals surface area contributed by atoms with Gasteiger partial charge < -0.3 is 9.15 Å². The van der Waals surface area contributed by atoms with Gasteiger partial charge in [-0.3, -0.25) is 9.69 Å². The zero-order valence-corrected chi connectivity index (χ0v) is 21.5. The number of benzene rings is 3. The van der Waals surface area contributed by atoms with Crippen molar-refractivity contribution in [1.29, 1.82) is 0 Å². The van der Waals surface area contributed by atoms with Crippen molar-refractivity contribution in [3.8, 4) is 17.1 Å². The fourth-order valence-electron chi connectivity index (χ4n) is 3.65. The van der Waals surface area contributed by atoms with Crippen molar-refractivity contribution in [1.82, 2.24) is 4.90 Å². The van der Waals surface area contributed by atoms with Crippen LogP contribution in [0.3, 0.4) is 0 Å². The van der Waals surface area contributed by atoms with Crippen LogP contribution in [0.1, 0.15) is 11.3 Å². The molecule has 180 valence electrons. The van der Waals surface area contributed by atoms with Crippen LogP contribution in [-0.2, 0) is 11.3 Å². The molecule has 1 aliphatic heterocycles. The lowest BCUT2D eigenvalue weighted by Crippen LogP contribution is -2.28. The SMILES string of the molecule is COc1ccc(CN2C(=O)/C(=C\c3ccc(-c4ccc(Cl)cc4Cl)o3)SC2=Nc2ccccc2)cc1. The second kappa shape index (κ2) is 10.7. The molecule has 8 heteroatoms. The molecule has 3 aromatic carbocycles. The molecule has 0 saturated carbocycles. The minimum absolute atomic E-state index is 0.145. The van der Waals surface area contributed by atoms with E-state index in [1.54, 1.807) is 42.4 Å². The number of amides is 1. The van der Waals surface area contributed by atoms with Crippen LogP contribution >= 0.6 is 35.0 Å². The first-order valence-corrected chi connectivity index (χ1v) is 12.6. The third kappa shape index (κ3) is 5.36. The molecule has 0 spiro atoms. The van der Waals surface area contributed by atoms with Gasteiger partial charge in [0.2, 0.25) is 0 Å². The number of carbonyl (C=O) groups excluding carboxylic acids is 1. The highest BCUT2D eigenvalue weighted by Gasteiger charge is 2.34. The number of methoxy groups -OCH3 is 1. The fraction of sp³-hybridized carbons (Fsp3) is 0.0714. The number of aliphatic imine (C=N–C) groups is 1. The summed E-state index contributed by atoms with van der Waals surface area (Å²) in [5.74, 6) is 1.74. The predicted molar refractivity (Wildman–Crippen MR) is 147 cm³/mol. The second-order valence-electron chi connectivity index (χ2n) is 7.91. The summed E-state index contributed by atoms with van der Waals surface area (Å²) < 4.78 is 11.2. The Morgan fingerprint density at radius 2 is 1.78 bits per heavy atom. The van der Waals surface area contributed by atoms with Crippen molar-refractivity contribution in [2.75, 3.05) is 7.11 Å². The van der Waals surface area contributed by atoms with E-state index < -0.39 is 0 Å². The maximum Gasteiger partial charge on any atom is 0.267 e. The molecule has 0 N–H and O–H groups in total. The number of amidine groups is 1. The van der Waals surface area contributed by atoms with E-state index in [0.717, 1.165) is 22.6 Å². The van der Waals surface area contributed by atoms with Crippen LogP contribution in [0.5, 0.6) is 5.75 Å². The Bertz CT molecular complexity index is 1460. The van der Waals surface area contributed by atoms with Crippen LogP contribution in [0.15, 0.2) is 99.2 Å². The number of hydrogen-bond donors (Lipinski definition) is 0. The van der Waals surface area contributed by atoms with Gasteiger partial charge >= 0.3 is 0 Å². The molecular weight excluding hydrogens is 515 g/mol. The molecule has 4 aromatic rings. The van der Waals surface area contributed by atoms with Crippen LogP contribution < -0.4 is 4.74 Å². The molecule has 1 saturated heterocycles. The molecule has 1 aromatic heterocycles. The van der Waals surface area contributed by atoms with E-state index in [-0.39, 0.29) is 5.91 Å². The molecule has 5 nitrogen and oxygen atoms in total. The second-order valence-corrected chi connectivity index (χ2v) is 9.76. The van der Waals surface area contributed by atoms with Crippen molar-refractivity contribution in [2.24, 2.45) is 4.99 Å². The summed E-state index contributed by atoms with van der Waals surface area (Å²) in [6.45, 7) is 0.378. The summed E-state index contributed by atoms with van der Waals surface area (Å²) in [4.78, 5) is 20.4. The molecule has 1 aliphatic rings. The Morgan fingerprint density at radius 1 is 1.00 bits per heavy atom. The lowest BCUT2D eigenvalue weighted by Gasteiger charge is -2.16. The van der Waals surface area contributed by atoms with Gasteiger partial charge in [0, 0.05) is 16.7 Å². The number of para-hydroxylation sites is 1. The lowest BCUT2D eigenvalue weighted by atomic mass is 10.2. The first-order chi connectivity index (χ1) is 17.5. The summed E-state index contributed by atoms with van der Waals surface area (Å²) in [7, 11) is 1.62. The van der Waals surface area contributed by atoms with Gasteiger partial charge in [-0.1, -0.05) is 53.5 Å². The summed E-state index contributed by atoms with van der Waals surface area (Å²) in [6.07, 6.45) is 1.73. The molecular formula is C28H20Cl2N2O3S. The number of ether oxygens (including phenoxy) is 1. The number of nitrogens with zero attached hydrogens (tertiary/aromatic N) is 2. The van der Waals surface area contributed by atoms with Crippen LogP contribution in [0, 0.1) is 0 Å². The van der Waals surface area contributed by atoms with Gasteiger partial charge in [-0.25, -0.2) is 4.99 Å². The summed E-state index contributed by atoms with van der Waals surface area (Å²) >= 11 is 13.7. The van der Waals surface area contributed by atoms with E-state index >= 15 is 0 Å². The van der Waals surface area contributed by atoms with Gasteiger partial charge in [-0.05, 0) is 71.9 Å². The van der Waals surface area contributed by atoms with E-state index in [2.05, 4.69) is 0 Å². The quantitative estimate of drug-likeness (QED) is 0.234. The summed E-state index contributed by atoms with van der Waals surface area (Å²) in [5.41, 5.74) is 2.46. The monoisotopic (exact) mass is 534 g/mol. The van der Waals surface area contributed by atoms with Crippen LogP contribution in [0.2, 0.25) is 10.0 Å². The molecule has 2 heterocycles. The highest BCUT2D eigenvalue weighted by molar-refractivity contribution is 8.18. The van der Waals surface area contributed by atoms with Gasteiger partial charge in [0.15, 0.2) is 5.17 Å². The lowest BCUT2D eigenvalue weighted by molar-refractivity contribution is -0.122. The number of halogens is 2. The van der Waals surface area contributed by atoms with Crippen molar-refractivity contribution >= 4 is 57.8 Å². The zero-order chi connectivity index (χ0) is 25.1. The number of furan rings is 1. The zero-order valence-electron chi connectivity index (χ0n) is 19.2. The smallest absolute Gasteiger partial charge is 0.267 e. The minimum atomic E-state index is -0.145. The molecule has 0 bridgehead atoms. The Hall–Kier alpha value is -3.45. The van der Waals surface area contributed by atoms with Crippen molar-refractivity contribution < 1.29 is 13.9 Å². The van der Waals surface area contributed by atoms with E-state index in [4.69, 9.17) is 37.3 Å². The number of thioether (sulfide) groups is 1. The molecule has 0 radical (unpaired) electrons. The molecule has 1 fully saturated rings. The predicted octanol–water partition coefficient (Wildman–Crippen LogP) is 8.07. The first-order valence-electron chi connectivity index (χ1n) is 11.0. The minimum Gasteiger partial charge on any atom is -0.497 e. The molecule has 0 unspecified atom stereocenters. The van der Waals surface area contributed by atoms with Gasteiger partial charge in [-0.15, -0.1) is 0 Å². The molecule has 1 amide bonds. The fourth-order valence-corrected chi connectivity index (χ4v) is 5.13. The highest BCUT2D eigenvalue weighted by atomic mass is 35.5. The van der Waals surface area contributed by atoms with Gasteiger partial charge in [-0.2, -0.15) is 0 Å². The summed E-state index contributed by atoms with van der Waals surface area (Å²) in [6, 6.07) is 26.0. The first kappa shape index (κ1) is 24.3. The third-order valence-corrected chi connectivity index (χ3v) is 7.02. The van der Waals surface area contributed by atoms with Crippen LogP contribution in [0.25, 0.3) is 17.4 Å². The van der Waals surface area contributed by atoms with Crippen molar-refractivity contribution in [2.45, 2.75) is 6.54 Å². The summed E-state index contributed by atoms with van der Waals surface area (Å²) in [5, 5.41) is 1.64. The molecule has 0 atom stereocenters. The third-order valence-electron chi connectivity index (χ3n) is 5.47. The maximum absolute atomic E-state index is 13.5. The normalized spacial score (nSPS) is 15.8. The van der Waals surface area contributed by atoms with Gasteiger partial charge in [0.05, 0.1) is 29.3 Å². The Labute approximate surface area is 223 Å². The maximum atomic E-state index is 13.5. The average molecular weight is 535 g/mol. The molecule has 0 aliphatic carbocycles. The number of hydrogen-bond acceptors (Lipinski definition) is 5. The standard InChI is InChI=1S/C28H20Cl2N2O3S/c1-34-21-10-7-18(8-11-21)17-32-27(33)26(36-28(32)31-20-5-3-2-4-6-20)16-22-12-14-25(35-22)23-13-9-19(29)15-24(23)30/h2-16H,17H2,1H3/b26-16+,31-28?. The van der Waals surface area contributed by atoms with Crippen molar-refractivity contribution in [3.63, 3.8) is 0 Å². The Balaban J connectivity index is 1.45. The van der Waals surface area contributed by atoms with E-state index in [0.29, 0.717) is 38.2 Å². The Kier molecular flexibility index (Phi) is 7.18. The molecule has 36 heavy (non-hydrogen) atoms. The molecule has 5 rings (SSSR count). The number of carbonyl (C=O) groups is 1. The van der Waals surface area contributed by atoms with E-state index in [9.17, 15) is 4.79 Å². The van der Waals surface area contributed by atoms with Gasteiger partial charge in [0.25, 0.3) is 5.91 Å². The highest BCUT2D eigenvalue weighted by Crippen LogP contribution is 2.37. The van der Waals surface area contributed by atoms with Crippen molar-refractivity contribution in [3.05, 3.63) is 111 Å². The van der Waals surface area contributed by atoms with Gasteiger partial charge in [0.1, 0.15) is 17.3 Å². The topological polar surface area (TPSA) is 55.0 Å². The van der Waals surface area contributed by atoms with E-state index in [1.165, 1.54) is 11.8 Å². The van der Waals surface area contributed by atoms with E-state index in [1.807, 2.05) is 60.7 Å². The average Bonchev–Trinajstić information content (AvgIpc) is 3.45.